The number of rotatable bonds is 8. The Kier molecular flexibility index (Phi) is 7.39. The molecular weight excluding hydrogens is 614 g/mol. The van der Waals surface area contributed by atoms with Crippen molar-refractivity contribution in [3.05, 3.63) is 116 Å². The van der Waals surface area contributed by atoms with Crippen LogP contribution in [0.1, 0.15) is 27.3 Å². The molecule has 0 bridgehead atoms. The number of aryl methyl sites for hydroxylation is 2. The Labute approximate surface area is 254 Å². The lowest BCUT2D eigenvalue weighted by molar-refractivity contribution is -0.0498. The number of hydrogen-bond donors (Lipinski definition) is 3. The quantitative estimate of drug-likeness (QED) is 0.160. The number of fused-ring (bicyclic) bond motifs is 1. The molecule has 0 fully saturated rings. The lowest BCUT2D eigenvalue weighted by Crippen LogP contribution is -2.30. The van der Waals surface area contributed by atoms with E-state index in [1.807, 2.05) is 0 Å². The van der Waals surface area contributed by atoms with Crippen molar-refractivity contribution in [1.82, 2.24) is 29.3 Å². The van der Waals surface area contributed by atoms with Crippen LogP contribution in [0.4, 0.5) is 23.4 Å². The zero-order chi connectivity index (χ0) is 32.9. The molecule has 0 aliphatic rings. The largest absolute Gasteiger partial charge is 0.433 e. The van der Waals surface area contributed by atoms with Crippen LogP contribution in [0.3, 0.4) is 0 Å². The number of aromatic nitrogens is 6. The van der Waals surface area contributed by atoms with E-state index < -0.39 is 41.0 Å². The first-order valence-electron chi connectivity index (χ1n) is 13.3. The number of nitrogen functional groups attached to an aromatic ring is 1. The first-order valence-corrected chi connectivity index (χ1v) is 13.3. The van der Waals surface area contributed by atoms with Crippen LogP contribution in [0, 0.1) is 25.5 Å². The van der Waals surface area contributed by atoms with Crippen molar-refractivity contribution in [3.8, 4) is 28.8 Å². The van der Waals surface area contributed by atoms with Crippen LogP contribution in [0.25, 0.3) is 22.3 Å². The highest BCUT2D eigenvalue weighted by atomic mass is 19.3. The molecule has 46 heavy (non-hydrogen) atoms. The fraction of sp³-hybridized carbons (Fsp3) is 0.100. The first kappa shape index (κ1) is 29.9. The molecule has 0 saturated carbocycles. The maximum Gasteiger partial charge on any atom is 0.387 e. The second-order valence-electron chi connectivity index (χ2n) is 10.0. The number of nitrogens with zero attached hydrogens (tertiary/aromatic N) is 4. The number of nitrogens with two attached hydrogens (primary N) is 1. The highest BCUT2D eigenvalue weighted by Gasteiger charge is 2.23. The molecule has 6 rings (SSSR count). The van der Waals surface area contributed by atoms with E-state index in [2.05, 4.69) is 24.8 Å². The Morgan fingerprint density at radius 2 is 1.72 bits per heavy atom. The topological polar surface area (TPSA) is 163 Å². The summed E-state index contributed by atoms with van der Waals surface area (Å²) in [4.78, 5) is 46.9. The van der Waals surface area contributed by atoms with Gasteiger partial charge in [-0.25, -0.2) is 23.2 Å². The fourth-order valence-corrected chi connectivity index (χ4v) is 4.90. The molecule has 0 aliphatic carbocycles. The van der Waals surface area contributed by atoms with Gasteiger partial charge in [0.2, 0.25) is 17.4 Å². The van der Waals surface area contributed by atoms with E-state index in [9.17, 15) is 31.9 Å². The second-order valence-corrected chi connectivity index (χ2v) is 10.0. The van der Waals surface area contributed by atoms with Gasteiger partial charge in [0, 0.05) is 28.7 Å². The maximum atomic E-state index is 14.0. The minimum absolute atomic E-state index is 0.0115. The third kappa shape index (κ3) is 5.36. The van der Waals surface area contributed by atoms with Crippen LogP contribution in [0.2, 0.25) is 0 Å². The van der Waals surface area contributed by atoms with Gasteiger partial charge in [-0.15, -0.1) is 0 Å². The Morgan fingerprint density at radius 3 is 2.39 bits per heavy atom. The van der Waals surface area contributed by atoms with E-state index in [4.69, 9.17) is 10.5 Å². The molecule has 234 valence electrons. The molecule has 0 spiro atoms. The van der Waals surface area contributed by atoms with Crippen LogP contribution < -0.4 is 26.5 Å². The van der Waals surface area contributed by atoms with Gasteiger partial charge >= 0.3 is 12.3 Å². The number of halogens is 4. The standard InChI is InChI=1S/C30H21F4N7O5/c1-13-6-25(46-27-17(31)4-3-5-18(27)32)36-12-22(13)41-28(35)16(11-37-41)26(43)20-8-15-9-23(45-29(33)34)21(10-19(15)38-20)40-14(2)7-24(42)39-30(40)44/h3-12,29,38H,35H2,1-2H3,(H,39,42,44). The zero-order valence-corrected chi connectivity index (χ0v) is 23.8. The third-order valence-corrected chi connectivity index (χ3v) is 6.99. The highest BCUT2D eigenvalue weighted by molar-refractivity contribution is 6.12. The number of nitrogens with one attached hydrogen (secondary N) is 2. The molecule has 0 radical (unpaired) electrons. The molecule has 0 amide bonds. The summed E-state index contributed by atoms with van der Waals surface area (Å²) >= 11 is 0. The molecule has 16 heteroatoms. The van der Waals surface area contributed by atoms with E-state index >= 15 is 0 Å². The summed E-state index contributed by atoms with van der Waals surface area (Å²) in [5.41, 5.74) is 5.91. The third-order valence-electron chi connectivity index (χ3n) is 6.99. The van der Waals surface area contributed by atoms with Crippen LogP contribution in [-0.4, -0.2) is 41.7 Å². The summed E-state index contributed by atoms with van der Waals surface area (Å²) in [7, 11) is 0. The summed E-state index contributed by atoms with van der Waals surface area (Å²) in [5.74, 6) is -3.58. The smallest absolute Gasteiger partial charge is 0.387 e. The summed E-state index contributed by atoms with van der Waals surface area (Å²) in [6.45, 7) is -0.147. The zero-order valence-electron chi connectivity index (χ0n) is 23.8. The molecule has 4 heterocycles. The monoisotopic (exact) mass is 635 g/mol. The molecule has 2 aromatic carbocycles. The predicted octanol–water partition coefficient (Wildman–Crippen LogP) is 4.69. The van der Waals surface area contributed by atoms with Crippen molar-refractivity contribution in [2.45, 2.75) is 20.5 Å². The number of ether oxygens (including phenoxy) is 2. The molecule has 12 nitrogen and oxygen atoms in total. The Hall–Kier alpha value is -6.19. The van der Waals surface area contributed by atoms with Crippen molar-refractivity contribution >= 4 is 22.5 Å². The Morgan fingerprint density at radius 1 is 0.978 bits per heavy atom. The minimum Gasteiger partial charge on any atom is -0.433 e. The van der Waals surface area contributed by atoms with E-state index in [0.29, 0.717) is 16.6 Å². The van der Waals surface area contributed by atoms with E-state index in [1.165, 1.54) is 54.3 Å². The molecule has 0 unspecified atom stereocenters. The van der Waals surface area contributed by atoms with E-state index in [-0.39, 0.29) is 45.6 Å². The number of carbonyl (C=O) groups excluding carboxylic acids is 1. The number of benzene rings is 2. The number of hydrogen-bond acceptors (Lipinski definition) is 8. The van der Waals surface area contributed by atoms with Gasteiger partial charge in [-0.1, -0.05) is 6.07 Å². The van der Waals surface area contributed by atoms with Crippen molar-refractivity contribution in [3.63, 3.8) is 0 Å². The summed E-state index contributed by atoms with van der Waals surface area (Å²) in [6.07, 6.45) is 2.53. The van der Waals surface area contributed by atoms with Gasteiger partial charge in [-0.05, 0) is 49.7 Å². The lowest BCUT2D eigenvalue weighted by atomic mass is 10.1. The molecular formula is C30H21F4N7O5. The maximum absolute atomic E-state index is 14.0. The van der Waals surface area contributed by atoms with Gasteiger partial charge in [0.25, 0.3) is 5.56 Å². The van der Waals surface area contributed by atoms with Crippen LogP contribution in [-0.2, 0) is 0 Å². The Bertz CT molecular complexity index is 2270. The summed E-state index contributed by atoms with van der Waals surface area (Å²) in [5, 5.41) is 4.50. The number of ketones is 1. The number of anilines is 1. The summed E-state index contributed by atoms with van der Waals surface area (Å²) < 4.78 is 66.8. The molecule has 6 aromatic rings. The van der Waals surface area contributed by atoms with Gasteiger partial charge in [0.15, 0.2) is 17.4 Å². The number of pyridine rings is 1. The van der Waals surface area contributed by atoms with Crippen molar-refractivity contribution in [2.75, 3.05) is 5.73 Å². The second kappa shape index (κ2) is 11.4. The molecule has 0 atom stereocenters. The molecule has 4 N–H and O–H groups in total. The van der Waals surface area contributed by atoms with E-state index in [0.717, 1.165) is 22.8 Å². The normalized spacial score (nSPS) is 11.4. The molecule has 4 aromatic heterocycles. The number of carbonyl (C=O) groups is 1. The number of aromatic amines is 2. The number of alkyl halides is 2. The fourth-order valence-electron chi connectivity index (χ4n) is 4.90. The van der Waals surface area contributed by atoms with Gasteiger partial charge in [0.1, 0.15) is 5.82 Å². The average Bonchev–Trinajstić information content (AvgIpc) is 3.57. The number of para-hydroxylation sites is 1. The number of H-pyrrole nitrogens is 2. The van der Waals surface area contributed by atoms with E-state index in [1.54, 1.807) is 6.92 Å². The Balaban J connectivity index is 1.34. The van der Waals surface area contributed by atoms with Crippen LogP contribution in [0.5, 0.6) is 17.4 Å². The SMILES string of the molecule is Cc1cc(Oc2c(F)cccc2F)ncc1-n1ncc(C(=O)c2cc3cc(OC(F)F)c(-n4c(C)cc(=O)[nH]c4=O)cc3[nH]2)c1N. The van der Waals surface area contributed by atoms with Gasteiger partial charge < -0.3 is 20.2 Å². The highest BCUT2D eigenvalue weighted by Crippen LogP contribution is 2.32. The van der Waals surface area contributed by atoms with Crippen molar-refractivity contribution < 1.29 is 31.8 Å². The van der Waals surface area contributed by atoms with Crippen LogP contribution in [0.15, 0.2) is 70.5 Å². The van der Waals surface area contributed by atoms with Crippen molar-refractivity contribution in [1.29, 1.82) is 0 Å². The van der Waals surface area contributed by atoms with Crippen LogP contribution >= 0.6 is 0 Å². The predicted molar refractivity (Wildman–Crippen MR) is 156 cm³/mol. The molecule has 0 saturated heterocycles. The average molecular weight is 636 g/mol. The summed E-state index contributed by atoms with van der Waals surface area (Å²) in [6, 6.07) is 9.74. The van der Waals surface area contributed by atoms with Gasteiger partial charge in [-0.3, -0.25) is 19.1 Å². The van der Waals surface area contributed by atoms with Crippen molar-refractivity contribution in [2.24, 2.45) is 0 Å². The van der Waals surface area contributed by atoms with Gasteiger partial charge in [0.05, 0.1) is 35.0 Å². The molecule has 0 aliphatic heterocycles. The minimum atomic E-state index is -3.24. The first-order chi connectivity index (χ1) is 21.9. The van der Waals surface area contributed by atoms with Gasteiger partial charge in [-0.2, -0.15) is 13.9 Å². The lowest BCUT2D eigenvalue weighted by Gasteiger charge is -2.14.